The van der Waals surface area contributed by atoms with Gasteiger partial charge in [0, 0.05) is 16.0 Å². The van der Waals surface area contributed by atoms with Crippen LogP contribution < -0.4 is 5.32 Å². The van der Waals surface area contributed by atoms with E-state index in [-0.39, 0.29) is 5.91 Å². The van der Waals surface area contributed by atoms with E-state index in [0.717, 1.165) is 21.3 Å². The van der Waals surface area contributed by atoms with Crippen molar-refractivity contribution in [2.45, 2.75) is 26.8 Å². The van der Waals surface area contributed by atoms with E-state index < -0.39 is 0 Å². The van der Waals surface area contributed by atoms with Gasteiger partial charge in [0.1, 0.15) is 0 Å². The van der Waals surface area contributed by atoms with E-state index in [0.29, 0.717) is 16.9 Å². The Bertz CT molecular complexity index is 611. The second-order valence-electron chi connectivity index (χ2n) is 3.87. The quantitative estimate of drug-likeness (QED) is 0.854. The van der Waals surface area contributed by atoms with E-state index in [2.05, 4.69) is 15.3 Å². The molecule has 4 nitrogen and oxygen atoms in total. The lowest BCUT2D eigenvalue weighted by molar-refractivity contribution is -0.120. The molecule has 2 rings (SSSR count). The number of H-pyrrole nitrogens is 1. The molecule has 0 unspecified atom stereocenters. The first-order valence-electron chi connectivity index (χ1n) is 5.41. The zero-order chi connectivity index (χ0) is 13.1. The van der Waals surface area contributed by atoms with Crippen molar-refractivity contribution in [1.29, 1.82) is 0 Å². The van der Waals surface area contributed by atoms with Gasteiger partial charge >= 0.3 is 0 Å². The van der Waals surface area contributed by atoms with Crippen LogP contribution in [0.2, 0.25) is 0 Å². The van der Waals surface area contributed by atoms with Crippen molar-refractivity contribution < 1.29 is 4.79 Å². The lowest BCUT2D eigenvalue weighted by Gasteiger charge is -2.02. The Labute approximate surface area is 118 Å². The molecule has 1 amide bonds. The number of carbonyl (C=O) groups is 1. The fourth-order valence-electron chi connectivity index (χ4n) is 1.49. The molecular formula is C11H13N3OS3. The van der Waals surface area contributed by atoms with E-state index >= 15 is 0 Å². The third-order valence-electron chi connectivity index (χ3n) is 2.38. The lowest BCUT2D eigenvalue weighted by Crippen LogP contribution is -2.24. The van der Waals surface area contributed by atoms with Gasteiger partial charge in [-0.3, -0.25) is 4.79 Å². The third kappa shape index (κ3) is 3.47. The minimum atomic E-state index is -0.00555. The van der Waals surface area contributed by atoms with Gasteiger partial charge in [0.2, 0.25) is 5.91 Å². The highest BCUT2D eigenvalue weighted by Gasteiger charge is 2.09. The second-order valence-corrected chi connectivity index (χ2v) is 6.71. The number of aryl methyl sites for hydroxylation is 2. The maximum Gasteiger partial charge on any atom is 0.225 e. The molecule has 18 heavy (non-hydrogen) atoms. The first kappa shape index (κ1) is 13.4. The van der Waals surface area contributed by atoms with Gasteiger partial charge in [-0.15, -0.1) is 22.7 Å². The molecule has 0 aromatic carbocycles. The van der Waals surface area contributed by atoms with Gasteiger partial charge < -0.3 is 10.3 Å². The van der Waals surface area contributed by atoms with Gasteiger partial charge in [-0.2, -0.15) is 0 Å². The summed E-state index contributed by atoms with van der Waals surface area (Å²) in [5.41, 5.74) is 1.88. The maximum atomic E-state index is 11.8. The summed E-state index contributed by atoms with van der Waals surface area (Å²) in [4.78, 5) is 20.1. The van der Waals surface area contributed by atoms with E-state index in [1.165, 1.54) is 11.3 Å². The number of carbonyl (C=O) groups excluding carboxylic acids is 1. The molecule has 2 aromatic rings. The number of aromatic nitrogens is 2. The minimum absolute atomic E-state index is 0.00555. The summed E-state index contributed by atoms with van der Waals surface area (Å²) in [5, 5.41) is 5.83. The smallest absolute Gasteiger partial charge is 0.225 e. The molecule has 7 heteroatoms. The van der Waals surface area contributed by atoms with Crippen LogP contribution in [0.4, 0.5) is 0 Å². The zero-order valence-electron chi connectivity index (χ0n) is 10.1. The molecule has 0 saturated carbocycles. The molecule has 0 aliphatic carbocycles. The van der Waals surface area contributed by atoms with Gasteiger partial charge in [0.25, 0.3) is 0 Å². The zero-order valence-corrected chi connectivity index (χ0v) is 12.5. The molecule has 0 aliphatic rings. The van der Waals surface area contributed by atoms with Crippen molar-refractivity contribution in [3.63, 3.8) is 0 Å². The van der Waals surface area contributed by atoms with Crippen LogP contribution in [0.5, 0.6) is 0 Å². The Morgan fingerprint density at radius 1 is 1.56 bits per heavy atom. The Morgan fingerprint density at radius 3 is 2.89 bits per heavy atom. The summed E-state index contributed by atoms with van der Waals surface area (Å²) < 4.78 is 0.713. The van der Waals surface area contributed by atoms with Crippen molar-refractivity contribution in [1.82, 2.24) is 15.3 Å². The van der Waals surface area contributed by atoms with Crippen molar-refractivity contribution in [3.05, 3.63) is 30.6 Å². The van der Waals surface area contributed by atoms with Crippen molar-refractivity contribution >= 4 is 40.8 Å². The summed E-state index contributed by atoms with van der Waals surface area (Å²) in [7, 11) is 0. The summed E-state index contributed by atoms with van der Waals surface area (Å²) >= 11 is 8.08. The Morgan fingerprint density at radius 2 is 2.33 bits per heavy atom. The fraction of sp³-hybridized carbons (Fsp3) is 0.364. The number of nitrogens with zero attached hydrogens (tertiary/aromatic N) is 1. The standard InChI is InChI=1S/C11H13N3OS3/c1-6-9(18-11(16)13-6)3-10(15)12-4-8-5-17-7(2)14-8/h5H,3-4H2,1-2H3,(H,12,15)(H,13,16). The molecule has 0 radical (unpaired) electrons. The number of amides is 1. The summed E-state index contributed by atoms with van der Waals surface area (Å²) in [6.07, 6.45) is 0.368. The first-order valence-corrected chi connectivity index (χ1v) is 7.51. The Balaban J connectivity index is 1.89. The van der Waals surface area contributed by atoms with Crippen molar-refractivity contribution in [2.24, 2.45) is 0 Å². The number of hydrogen-bond donors (Lipinski definition) is 2. The molecule has 0 saturated heterocycles. The van der Waals surface area contributed by atoms with Crippen molar-refractivity contribution in [3.8, 4) is 0 Å². The number of rotatable bonds is 4. The molecule has 2 aromatic heterocycles. The second kappa shape index (κ2) is 5.73. The fourth-order valence-corrected chi connectivity index (χ4v) is 3.40. The van der Waals surface area contributed by atoms with Crippen LogP contribution in [0.25, 0.3) is 0 Å². The average molecular weight is 299 g/mol. The molecule has 2 N–H and O–H groups in total. The van der Waals surface area contributed by atoms with Crippen LogP contribution in [0.1, 0.15) is 21.3 Å². The van der Waals surface area contributed by atoms with Crippen LogP contribution in [0, 0.1) is 17.8 Å². The van der Waals surface area contributed by atoms with Crippen LogP contribution in [0.3, 0.4) is 0 Å². The highest BCUT2D eigenvalue weighted by Crippen LogP contribution is 2.15. The van der Waals surface area contributed by atoms with Gasteiger partial charge in [-0.05, 0) is 26.1 Å². The van der Waals surface area contributed by atoms with E-state index in [1.807, 2.05) is 19.2 Å². The molecule has 0 bridgehead atoms. The molecular weight excluding hydrogens is 286 g/mol. The molecule has 0 atom stereocenters. The summed E-state index contributed by atoms with van der Waals surface area (Å²) in [6.45, 7) is 4.36. The van der Waals surface area contributed by atoms with Crippen molar-refractivity contribution in [2.75, 3.05) is 0 Å². The largest absolute Gasteiger partial charge is 0.350 e. The van der Waals surface area contributed by atoms with Gasteiger partial charge in [0.15, 0.2) is 3.95 Å². The van der Waals surface area contributed by atoms with Crippen LogP contribution in [0.15, 0.2) is 5.38 Å². The van der Waals surface area contributed by atoms with Crippen LogP contribution in [-0.2, 0) is 17.8 Å². The molecule has 0 fully saturated rings. The maximum absolute atomic E-state index is 11.8. The number of thiazole rings is 2. The van der Waals surface area contributed by atoms with Gasteiger partial charge in [0.05, 0.1) is 23.7 Å². The Hall–Kier alpha value is -1.05. The monoisotopic (exact) mass is 299 g/mol. The molecule has 0 spiro atoms. The topological polar surface area (TPSA) is 57.8 Å². The number of hydrogen-bond acceptors (Lipinski definition) is 5. The summed E-state index contributed by atoms with van der Waals surface area (Å²) in [6, 6.07) is 0. The molecule has 2 heterocycles. The van der Waals surface area contributed by atoms with E-state index in [1.54, 1.807) is 11.3 Å². The highest BCUT2D eigenvalue weighted by molar-refractivity contribution is 7.73. The third-order valence-corrected chi connectivity index (χ3v) is 4.54. The SMILES string of the molecule is Cc1nc(CNC(=O)Cc2sc(=S)[nH]c2C)cs1. The predicted molar refractivity (Wildman–Crippen MR) is 76.6 cm³/mol. The summed E-state index contributed by atoms with van der Waals surface area (Å²) in [5.74, 6) is -0.00555. The average Bonchev–Trinajstić information content (AvgIpc) is 2.83. The van der Waals surface area contributed by atoms with Gasteiger partial charge in [-0.25, -0.2) is 4.98 Å². The van der Waals surface area contributed by atoms with E-state index in [4.69, 9.17) is 12.2 Å². The van der Waals surface area contributed by atoms with Gasteiger partial charge in [-0.1, -0.05) is 0 Å². The van der Waals surface area contributed by atoms with E-state index in [9.17, 15) is 4.79 Å². The number of aromatic amines is 1. The predicted octanol–water partition coefficient (Wildman–Crippen LogP) is 2.74. The minimum Gasteiger partial charge on any atom is -0.350 e. The van der Waals surface area contributed by atoms with Crippen LogP contribution >= 0.6 is 34.9 Å². The molecule has 0 aliphatic heterocycles. The first-order chi connectivity index (χ1) is 8.54. The van der Waals surface area contributed by atoms with Crippen LogP contribution in [-0.4, -0.2) is 15.9 Å². The lowest BCUT2D eigenvalue weighted by atomic mass is 10.3. The molecule has 96 valence electrons. The Kier molecular flexibility index (Phi) is 4.26. The number of nitrogens with one attached hydrogen (secondary N) is 2. The normalized spacial score (nSPS) is 10.6. The highest BCUT2D eigenvalue weighted by atomic mass is 32.1.